The van der Waals surface area contributed by atoms with E-state index in [1.165, 1.54) is 11.8 Å². The van der Waals surface area contributed by atoms with Crippen LogP contribution in [-0.2, 0) is 12.3 Å². The van der Waals surface area contributed by atoms with Crippen LogP contribution >= 0.6 is 11.8 Å². The van der Waals surface area contributed by atoms with Gasteiger partial charge in [-0.1, -0.05) is 16.9 Å². The van der Waals surface area contributed by atoms with E-state index in [1.54, 1.807) is 23.1 Å². The minimum Gasteiger partial charge on any atom is -0.461 e. The summed E-state index contributed by atoms with van der Waals surface area (Å²) in [5, 5.41) is 15.9. The summed E-state index contributed by atoms with van der Waals surface area (Å²) < 4.78 is 12.0. The second-order valence-corrected chi connectivity index (χ2v) is 4.69. The lowest BCUT2D eigenvalue weighted by Gasteiger charge is -1.99. The summed E-state index contributed by atoms with van der Waals surface area (Å²) in [5.41, 5.74) is 5.48. The van der Waals surface area contributed by atoms with Crippen LogP contribution in [0.25, 0.3) is 11.6 Å². The number of furan rings is 1. The van der Waals surface area contributed by atoms with E-state index in [0.717, 1.165) is 0 Å². The molecule has 2 N–H and O–H groups in total. The standard InChI is InChI=1S/C10H11N7O2S/c11-3-4-17-10(13-15-16-17)20-6-8-12-9(14-19-8)7-2-1-5-18-7/h1-2,5H,3-4,6,11H2. The number of rotatable bonds is 6. The summed E-state index contributed by atoms with van der Waals surface area (Å²) in [6.45, 7) is 1.04. The van der Waals surface area contributed by atoms with Crippen LogP contribution in [0.4, 0.5) is 0 Å². The SMILES string of the molecule is NCCn1nnnc1SCc1nc(-c2ccco2)no1. The van der Waals surface area contributed by atoms with Gasteiger partial charge >= 0.3 is 0 Å². The van der Waals surface area contributed by atoms with E-state index in [-0.39, 0.29) is 0 Å². The molecule has 9 nitrogen and oxygen atoms in total. The highest BCUT2D eigenvalue weighted by molar-refractivity contribution is 7.98. The van der Waals surface area contributed by atoms with Crippen molar-refractivity contribution in [2.75, 3.05) is 6.54 Å². The molecule has 10 heteroatoms. The van der Waals surface area contributed by atoms with Gasteiger partial charge in [-0.2, -0.15) is 4.98 Å². The average molecular weight is 293 g/mol. The van der Waals surface area contributed by atoms with Crippen LogP contribution in [0.5, 0.6) is 0 Å². The highest BCUT2D eigenvalue weighted by atomic mass is 32.2. The molecule has 104 valence electrons. The lowest BCUT2D eigenvalue weighted by molar-refractivity contribution is 0.390. The van der Waals surface area contributed by atoms with Crippen LogP contribution in [0.15, 0.2) is 32.5 Å². The van der Waals surface area contributed by atoms with Gasteiger partial charge in [0.25, 0.3) is 0 Å². The van der Waals surface area contributed by atoms with Gasteiger partial charge < -0.3 is 14.7 Å². The first-order valence-corrected chi connectivity index (χ1v) is 6.81. The summed E-state index contributed by atoms with van der Waals surface area (Å²) >= 11 is 1.40. The number of tetrazole rings is 1. The van der Waals surface area contributed by atoms with E-state index in [2.05, 4.69) is 25.7 Å². The molecule has 0 bridgehead atoms. The van der Waals surface area contributed by atoms with E-state index in [4.69, 9.17) is 14.7 Å². The molecule has 0 spiro atoms. The highest BCUT2D eigenvalue weighted by Gasteiger charge is 2.13. The number of thioether (sulfide) groups is 1. The largest absolute Gasteiger partial charge is 0.461 e. The van der Waals surface area contributed by atoms with Crippen molar-refractivity contribution in [1.29, 1.82) is 0 Å². The molecule has 3 aromatic heterocycles. The van der Waals surface area contributed by atoms with E-state index in [1.807, 2.05) is 0 Å². The summed E-state index contributed by atoms with van der Waals surface area (Å²) in [7, 11) is 0. The van der Waals surface area contributed by atoms with Gasteiger partial charge in [0.2, 0.25) is 16.9 Å². The van der Waals surface area contributed by atoms with Crippen LogP contribution < -0.4 is 5.73 Å². The van der Waals surface area contributed by atoms with Crippen LogP contribution in [0.3, 0.4) is 0 Å². The van der Waals surface area contributed by atoms with E-state index < -0.39 is 0 Å². The molecule has 0 saturated heterocycles. The lowest BCUT2D eigenvalue weighted by Crippen LogP contribution is -2.12. The quantitative estimate of drug-likeness (QED) is 0.649. The van der Waals surface area contributed by atoms with E-state index in [0.29, 0.717) is 41.5 Å². The molecular weight excluding hydrogens is 282 g/mol. The second-order valence-electron chi connectivity index (χ2n) is 3.75. The maximum absolute atomic E-state index is 5.48. The first kappa shape index (κ1) is 12.8. The van der Waals surface area contributed by atoms with Crippen molar-refractivity contribution < 1.29 is 8.94 Å². The zero-order chi connectivity index (χ0) is 13.8. The Kier molecular flexibility index (Phi) is 3.74. The molecule has 0 saturated carbocycles. The third kappa shape index (κ3) is 2.70. The average Bonchev–Trinajstić information content (AvgIpc) is 3.18. The molecule has 3 heterocycles. The Morgan fingerprint density at radius 1 is 1.40 bits per heavy atom. The van der Waals surface area contributed by atoms with Gasteiger partial charge in [0.05, 0.1) is 18.6 Å². The molecule has 0 fully saturated rings. The number of hydrogen-bond donors (Lipinski definition) is 1. The molecule has 3 rings (SSSR count). The number of nitrogens with two attached hydrogens (primary N) is 1. The molecule has 0 atom stereocenters. The molecule has 0 aromatic carbocycles. The van der Waals surface area contributed by atoms with Crippen molar-refractivity contribution in [3.05, 3.63) is 24.3 Å². The third-order valence-corrected chi connectivity index (χ3v) is 3.32. The molecule has 0 amide bonds. The van der Waals surface area contributed by atoms with Crippen LogP contribution in [0, 0.1) is 0 Å². The van der Waals surface area contributed by atoms with Gasteiger partial charge in [-0.3, -0.25) is 0 Å². The van der Waals surface area contributed by atoms with Crippen LogP contribution in [0.1, 0.15) is 5.89 Å². The van der Waals surface area contributed by atoms with Crippen molar-refractivity contribution in [1.82, 2.24) is 30.3 Å². The smallest absolute Gasteiger partial charge is 0.238 e. The Morgan fingerprint density at radius 3 is 3.15 bits per heavy atom. The fourth-order valence-corrected chi connectivity index (χ4v) is 2.25. The molecule has 0 aliphatic heterocycles. The van der Waals surface area contributed by atoms with E-state index >= 15 is 0 Å². The van der Waals surface area contributed by atoms with Crippen molar-refractivity contribution in [3.8, 4) is 11.6 Å². The van der Waals surface area contributed by atoms with Gasteiger partial charge in [0, 0.05) is 6.54 Å². The number of aromatic nitrogens is 6. The Hall–Kier alpha value is -2.20. The van der Waals surface area contributed by atoms with Crippen molar-refractivity contribution in [2.45, 2.75) is 17.5 Å². The number of hydrogen-bond acceptors (Lipinski definition) is 9. The molecule has 0 aliphatic carbocycles. The Morgan fingerprint density at radius 2 is 2.35 bits per heavy atom. The zero-order valence-electron chi connectivity index (χ0n) is 10.3. The van der Waals surface area contributed by atoms with Gasteiger partial charge in [0.15, 0.2) is 5.76 Å². The molecule has 20 heavy (non-hydrogen) atoms. The fraction of sp³-hybridized carbons (Fsp3) is 0.300. The first-order valence-electron chi connectivity index (χ1n) is 5.82. The Labute approximate surface area is 117 Å². The summed E-state index contributed by atoms with van der Waals surface area (Å²) in [6, 6.07) is 3.53. The number of nitrogens with zero attached hydrogens (tertiary/aromatic N) is 6. The van der Waals surface area contributed by atoms with Crippen molar-refractivity contribution in [3.63, 3.8) is 0 Å². The summed E-state index contributed by atoms with van der Waals surface area (Å²) in [6.07, 6.45) is 1.56. The molecule has 0 unspecified atom stereocenters. The van der Waals surface area contributed by atoms with E-state index in [9.17, 15) is 0 Å². The fourth-order valence-electron chi connectivity index (χ4n) is 1.51. The molecule has 3 aromatic rings. The van der Waals surface area contributed by atoms with Gasteiger partial charge in [-0.25, -0.2) is 4.68 Å². The maximum Gasteiger partial charge on any atom is 0.238 e. The third-order valence-electron chi connectivity index (χ3n) is 2.37. The van der Waals surface area contributed by atoms with Crippen molar-refractivity contribution >= 4 is 11.8 Å². The summed E-state index contributed by atoms with van der Waals surface area (Å²) in [4.78, 5) is 4.23. The van der Waals surface area contributed by atoms with Gasteiger partial charge in [0.1, 0.15) is 0 Å². The highest BCUT2D eigenvalue weighted by Crippen LogP contribution is 2.21. The Bertz CT molecular complexity index is 663. The van der Waals surface area contributed by atoms with Crippen molar-refractivity contribution in [2.24, 2.45) is 5.73 Å². The minimum atomic E-state index is 0.423. The van der Waals surface area contributed by atoms with Gasteiger partial charge in [-0.15, -0.1) is 5.10 Å². The van der Waals surface area contributed by atoms with Crippen LogP contribution in [0.2, 0.25) is 0 Å². The topological polar surface area (TPSA) is 122 Å². The predicted octanol–water partition coefficient (Wildman–Crippen LogP) is 0.567. The first-order chi connectivity index (χ1) is 9.86. The normalized spacial score (nSPS) is 11.1. The maximum atomic E-state index is 5.48. The zero-order valence-corrected chi connectivity index (χ0v) is 11.2. The minimum absolute atomic E-state index is 0.423. The monoisotopic (exact) mass is 293 g/mol. The summed E-state index contributed by atoms with van der Waals surface area (Å²) in [5.74, 6) is 1.94. The molecular formula is C10H11N7O2S. The second kappa shape index (κ2) is 5.84. The van der Waals surface area contributed by atoms with Crippen LogP contribution in [-0.4, -0.2) is 36.9 Å². The lowest BCUT2D eigenvalue weighted by atomic mass is 10.4. The molecule has 0 radical (unpaired) electrons. The van der Waals surface area contributed by atoms with Gasteiger partial charge in [-0.05, 0) is 22.6 Å². The Balaban J connectivity index is 1.65. The molecule has 0 aliphatic rings. The predicted molar refractivity (Wildman–Crippen MR) is 68.4 cm³/mol.